The highest BCUT2D eigenvalue weighted by Crippen LogP contribution is 2.33. The molecule has 0 bridgehead atoms. The summed E-state index contributed by atoms with van der Waals surface area (Å²) in [5, 5.41) is 5.04. The third kappa shape index (κ3) is 6.30. The van der Waals surface area contributed by atoms with E-state index in [-0.39, 0.29) is 31.3 Å². The molecule has 0 unspecified atom stereocenters. The van der Waals surface area contributed by atoms with Gasteiger partial charge in [-0.15, -0.1) is 0 Å². The lowest BCUT2D eigenvalue weighted by Gasteiger charge is -2.23. The maximum absolute atomic E-state index is 12.5. The normalized spacial score (nSPS) is 16.8. The highest BCUT2D eigenvalue weighted by atomic mass is 16.5. The van der Waals surface area contributed by atoms with Crippen LogP contribution < -0.4 is 15.5 Å². The van der Waals surface area contributed by atoms with Crippen molar-refractivity contribution in [2.45, 2.75) is 46.0 Å². The number of esters is 1. The van der Waals surface area contributed by atoms with Crippen LogP contribution >= 0.6 is 0 Å². The predicted molar refractivity (Wildman–Crippen MR) is 113 cm³/mol. The van der Waals surface area contributed by atoms with Crippen LogP contribution in [0.5, 0.6) is 0 Å². The quantitative estimate of drug-likeness (QED) is 0.564. The van der Waals surface area contributed by atoms with Crippen LogP contribution in [0.25, 0.3) is 0 Å². The molecule has 0 saturated carbocycles. The van der Waals surface area contributed by atoms with Crippen LogP contribution in [-0.4, -0.2) is 49.9 Å². The largest absolute Gasteiger partial charge is 0.455 e. The number of nitrogens with zero attached hydrogens (tertiary/aromatic N) is 1. The lowest BCUT2D eigenvalue weighted by molar-refractivity contribution is -0.152. The Hall–Kier alpha value is -2.90. The second-order valence-corrected chi connectivity index (χ2v) is 7.51. The van der Waals surface area contributed by atoms with Crippen molar-refractivity contribution in [2.75, 3.05) is 31.1 Å². The Morgan fingerprint density at radius 3 is 2.60 bits per heavy atom. The minimum atomic E-state index is -0.622. The van der Waals surface area contributed by atoms with Crippen LogP contribution in [0, 0.1) is 5.92 Å². The zero-order valence-corrected chi connectivity index (χ0v) is 17.9. The van der Waals surface area contributed by atoms with E-state index in [9.17, 15) is 19.2 Å². The Bertz CT molecular complexity index is 780. The van der Waals surface area contributed by atoms with E-state index >= 15 is 0 Å². The van der Waals surface area contributed by atoms with Gasteiger partial charge in [0.05, 0.1) is 12.5 Å². The van der Waals surface area contributed by atoms with Gasteiger partial charge in [0.15, 0.2) is 6.61 Å². The molecule has 2 rings (SSSR count). The number of nitrogens with one attached hydrogen (secondary N) is 2. The van der Waals surface area contributed by atoms with Crippen molar-refractivity contribution in [2.24, 2.45) is 5.92 Å². The molecule has 8 nitrogen and oxygen atoms in total. The van der Waals surface area contributed by atoms with E-state index in [0.717, 1.165) is 24.1 Å². The first-order chi connectivity index (χ1) is 14.4. The van der Waals surface area contributed by atoms with Crippen molar-refractivity contribution >= 4 is 29.4 Å². The number of benzene rings is 1. The highest BCUT2D eigenvalue weighted by molar-refractivity contribution is 6.00. The van der Waals surface area contributed by atoms with Crippen molar-refractivity contribution in [1.82, 2.24) is 10.6 Å². The molecule has 1 aromatic carbocycles. The molecule has 1 aromatic rings. The van der Waals surface area contributed by atoms with E-state index in [1.807, 2.05) is 31.2 Å². The van der Waals surface area contributed by atoms with E-state index in [2.05, 4.69) is 24.5 Å². The molecular formula is C22H31N3O5. The molecule has 0 spiro atoms. The molecular weight excluding hydrogens is 386 g/mol. The summed E-state index contributed by atoms with van der Waals surface area (Å²) in [6.45, 7) is 6.24. The van der Waals surface area contributed by atoms with Gasteiger partial charge in [0, 0.05) is 25.2 Å². The monoisotopic (exact) mass is 417 g/mol. The van der Waals surface area contributed by atoms with Crippen LogP contribution in [-0.2, 0) is 23.9 Å². The Kier molecular flexibility index (Phi) is 8.83. The number of carbonyl (C=O) groups excluding carboxylic acids is 4. The predicted octanol–water partition coefficient (Wildman–Crippen LogP) is 1.74. The Morgan fingerprint density at radius 2 is 1.90 bits per heavy atom. The molecule has 1 heterocycles. The molecule has 30 heavy (non-hydrogen) atoms. The first kappa shape index (κ1) is 23.4. The second kappa shape index (κ2) is 11.3. The molecule has 0 aliphatic carbocycles. The van der Waals surface area contributed by atoms with E-state index in [1.165, 1.54) is 0 Å². The molecule has 0 aromatic heterocycles. The van der Waals surface area contributed by atoms with Gasteiger partial charge in [0.1, 0.15) is 0 Å². The molecule has 164 valence electrons. The number of carbonyl (C=O) groups is 4. The first-order valence-electron chi connectivity index (χ1n) is 10.5. The van der Waals surface area contributed by atoms with E-state index < -0.39 is 24.4 Å². The lowest BCUT2D eigenvalue weighted by atomic mass is 9.96. The molecule has 1 aliphatic rings. The zero-order valence-electron chi connectivity index (χ0n) is 17.9. The summed E-state index contributed by atoms with van der Waals surface area (Å²) in [5.41, 5.74) is 1.89. The fourth-order valence-corrected chi connectivity index (χ4v) is 3.28. The van der Waals surface area contributed by atoms with Crippen molar-refractivity contribution in [1.29, 1.82) is 0 Å². The number of rotatable bonds is 10. The number of ether oxygens (including phenoxy) is 1. The van der Waals surface area contributed by atoms with Gasteiger partial charge in [0.2, 0.25) is 11.8 Å². The molecule has 1 saturated heterocycles. The standard InChI is InChI=1S/C22H31N3O5/c1-4-10-23-19(26)12-24-20(27)14-30-22(29)16-11-21(28)25(13-16)18-9-7-6-8-17(18)15(3)5-2/h6-9,15-16H,4-5,10-14H2,1-3H3,(H,23,26)(H,24,27)/t15-,16-/m0/s1. The second-order valence-electron chi connectivity index (χ2n) is 7.51. The van der Waals surface area contributed by atoms with E-state index in [0.29, 0.717) is 12.5 Å². The molecule has 2 atom stereocenters. The number of hydrogen-bond acceptors (Lipinski definition) is 5. The number of amides is 3. The fraction of sp³-hybridized carbons (Fsp3) is 0.545. The number of para-hydroxylation sites is 1. The van der Waals surface area contributed by atoms with Crippen LogP contribution in [0.4, 0.5) is 5.69 Å². The highest BCUT2D eigenvalue weighted by Gasteiger charge is 2.37. The molecule has 2 N–H and O–H groups in total. The smallest absolute Gasteiger partial charge is 0.311 e. The minimum Gasteiger partial charge on any atom is -0.455 e. The van der Waals surface area contributed by atoms with Crippen molar-refractivity contribution in [3.63, 3.8) is 0 Å². The lowest BCUT2D eigenvalue weighted by Crippen LogP contribution is -2.39. The van der Waals surface area contributed by atoms with E-state index in [1.54, 1.807) is 4.90 Å². The van der Waals surface area contributed by atoms with Gasteiger partial charge in [-0.25, -0.2) is 0 Å². The number of anilines is 1. The summed E-state index contributed by atoms with van der Waals surface area (Å²) in [7, 11) is 0. The summed E-state index contributed by atoms with van der Waals surface area (Å²) in [5.74, 6) is -1.91. The molecule has 3 amide bonds. The summed E-state index contributed by atoms with van der Waals surface area (Å²) in [6, 6.07) is 7.72. The molecule has 0 radical (unpaired) electrons. The van der Waals surface area contributed by atoms with Crippen molar-refractivity contribution < 1.29 is 23.9 Å². The average Bonchev–Trinajstić information content (AvgIpc) is 3.15. The first-order valence-corrected chi connectivity index (χ1v) is 10.5. The van der Waals surface area contributed by atoms with Crippen molar-refractivity contribution in [3.8, 4) is 0 Å². The van der Waals surface area contributed by atoms with Gasteiger partial charge >= 0.3 is 5.97 Å². The van der Waals surface area contributed by atoms with Gasteiger partial charge in [-0.05, 0) is 30.4 Å². The van der Waals surface area contributed by atoms with E-state index in [4.69, 9.17) is 4.74 Å². The fourth-order valence-electron chi connectivity index (χ4n) is 3.28. The van der Waals surface area contributed by atoms with Gasteiger partial charge < -0.3 is 20.3 Å². The SMILES string of the molecule is CCCNC(=O)CNC(=O)COC(=O)[C@H]1CC(=O)N(c2ccccc2[C@@H](C)CC)C1. The van der Waals surface area contributed by atoms with Crippen LogP contribution in [0.15, 0.2) is 24.3 Å². The van der Waals surface area contributed by atoms with Crippen molar-refractivity contribution in [3.05, 3.63) is 29.8 Å². The van der Waals surface area contributed by atoms with Crippen LogP contribution in [0.3, 0.4) is 0 Å². The zero-order chi connectivity index (χ0) is 22.1. The number of hydrogen-bond donors (Lipinski definition) is 2. The summed E-state index contributed by atoms with van der Waals surface area (Å²) < 4.78 is 5.07. The maximum Gasteiger partial charge on any atom is 0.311 e. The topological polar surface area (TPSA) is 105 Å². The van der Waals surface area contributed by atoms with Gasteiger partial charge in [-0.2, -0.15) is 0 Å². The van der Waals surface area contributed by atoms with Crippen LogP contribution in [0.2, 0.25) is 0 Å². The average molecular weight is 418 g/mol. The van der Waals surface area contributed by atoms with Gasteiger partial charge in [-0.3, -0.25) is 19.2 Å². The molecule has 8 heteroatoms. The summed E-state index contributed by atoms with van der Waals surface area (Å²) in [4.78, 5) is 49.8. The minimum absolute atomic E-state index is 0.0503. The summed E-state index contributed by atoms with van der Waals surface area (Å²) >= 11 is 0. The third-order valence-electron chi connectivity index (χ3n) is 5.19. The Balaban J connectivity index is 1.87. The Morgan fingerprint density at radius 1 is 1.17 bits per heavy atom. The molecule has 1 fully saturated rings. The summed E-state index contributed by atoms with van der Waals surface area (Å²) in [6.07, 6.45) is 1.79. The van der Waals surface area contributed by atoms with Crippen LogP contribution in [0.1, 0.15) is 51.5 Å². The molecule has 1 aliphatic heterocycles. The Labute approximate surface area is 177 Å². The third-order valence-corrected chi connectivity index (χ3v) is 5.19. The van der Waals surface area contributed by atoms with Gasteiger partial charge in [0.25, 0.3) is 5.91 Å². The van der Waals surface area contributed by atoms with Gasteiger partial charge in [-0.1, -0.05) is 39.0 Å². The maximum atomic E-state index is 12.5.